The van der Waals surface area contributed by atoms with Crippen LogP contribution in [0.4, 0.5) is 16.3 Å². The van der Waals surface area contributed by atoms with Crippen LogP contribution < -0.4 is 10.6 Å². The molecular formula is C30H29N5O. The number of urea groups is 1. The van der Waals surface area contributed by atoms with Crippen LogP contribution in [0.25, 0.3) is 16.5 Å². The molecule has 0 atom stereocenters. The number of pyridine rings is 1. The molecule has 2 N–H and O–H groups in total. The van der Waals surface area contributed by atoms with Gasteiger partial charge in [0.05, 0.1) is 17.1 Å². The van der Waals surface area contributed by atoms with Crippen LogP contribution >= 0.6 is 0 Å². The molecule has 5 rings (SSSR count). The van der Waals surface area contributed by atoms with Gasteiger partial charge < -0.3 is 5.32 Å². The van der Waals surface area contributed by atoms with Crippen LogP contribution in [0.5, 0.6) is 0 Å². The molecule has 180 valence electrons. The van der Waals surface area contributed by atoms with Crippen LogP contribution in [0.1, 0.15) is 37.6 Å². The zero-order valence-electron chi connectivity index (χ0n) is 20.7. The number of nitrogens with zero attached hydrogens (tertiary/aromatic N) is 3. The highest BCUT2D eigenvalue weighted by Gasteiger charge is 2.21. The third-order valence-corrected chi connectivity index (χ3v) is 6.10. The summed E-state index contributed by atoms with van der Waals surface area (Å²) in [6.45, 7) is 6.31. The van der Waals surface area contributed by atoms with E-state index in [1.807, 2.05) is 72.9 Å². The van der Waals surface area contributed by atoms with Crippen LogP contribution in [0.3, 0.4) is 0 Å². The van der Waals surface area contributed by atoms with Gasteiger partial charge in [-0.05, 0) is 47.2 Å². The summed E-state index contributed by atoms with van der Waals surface area (Å²) in [5.74, 6) is 0.612. The van der Waals surface area contributed by atoms with Gasteiger partial charge in [0, 0.05) is 29.3 Å². The van der Waals surface area contributed by atoms with Gasteiger partial charge in [0.1, 0.15) is 5.82 Å². The van der Waals surface area contributed by atoms with E-state index in [1.54, 1.807) is 10.9 Å². The minimum atomic E-state index is -0.322. The number of carbonyl (C=O) groups excluding carboxylic acids is 1. The van der Waals surface area contributed by atoms with E-state index in [1.165, 1.54) is 5.56 Å². The molecule has 3 aromatic carbocycles. The first-order valence-corrected chi connectivity index (χ1v) is 12.0. The van der Waals surface area contributed by atoms with E-state index in [-0.39, 0.29) is 11.4 Å². The fraction of sp³-hybridized carbons (Fsp3) is 0.167. The number of aromatic nitrogens is 3. The SMILES string of the molecule is CC(C)(C)c1cc(NC(=O)Nc2ccc(Cc3cccnc3)c3ccccc23)n(-c2ccccc2)n1. The zero-order valence-corrected chi connectivity index (χ0v) is 20.7. The number of hydrogen-bond donors (Lipinski definition) is 2. The fourth-order valence-electron chi connectivity index (χ4n) is 4.22. The standard InChI is InChI=1S/C30H29N5O/c1-30(2,3)27-19-28(35(34-27)23-11-5-4-6-12-23)33-29(36)32-26-16-15-22(18-21-10-9-17-31-20-21)24-13-7-8-14-25(24)26/h4-17,19-20H,18H2,1-3H3,(H2,32,33,36). The molecule has 0 fully saturated rings. The molecule has 0 saturated heterocycles. The fourth-order valence-corrected chi connectivity index (χ4v) is 4.22. The van der Waals surface area contributed by atoms with Gasteiger partial charge >= 0.3 is 6.03 Å². The Labute approximate surface area is 211 Å². The van der Waals surface area contributed by atoms with E-state index in [2.05, 4.69) is 54.6 Å². The zero-order chi connectivity index (χ0) is 25.1. The van der Waals surface area contributed by atoms with Gasteiger partial charge in [-0.3, -0.25) is 10.3 Å². The first kappa shape index (κ1) is 23.3. The van der Waals surface area contributed by atoms with Crippen molar-refractivity contribution in [3.05, 3.63) is 114 Å². The van der Waals surface area contributed by atoms with Crippen molar-refractivity contribution in [1.82, 2.24) is 14.8 Å². The van der Waals surface area contributed by atoms with Gasteiger partial charge in [0.2, 0.25) is 0 Å². The Balaban J connectivity index is 1.43. The summed E-state index contributed by atoms with van der Waals surface area (Å²) in [7, 11) is 0. The van der Waals surface area contributed by atoms with E-state index < -0.39 is 0 Å². The second-order valence-corrected chi connectivity index (χ2v) is 9.85. The number of benzene rings is 3. The summed E-state index contributed by atoms with van der Waals surface area (Å²) in [5.41, 5.74) is 4.69. The lowest BCUT2D eigenvalue weighted by Gasteiger charge is -2.14. The van der Waals surface area contributed by atoms with Crippen molar-refractivity contribution >= 4 is 28.3 Å². The minimum absolute atomic E-state index is 0.159. The number of nitrogens with one attached hydrogen (secondary N) is 2. The molecule has 0 aliphatic heterocycles. The Morgan fingerprint density at radius 1 is 0.861 bits per heavy atom. The van der Waals surface area contributed by atoms with Crippen LogP contribution in [0.15, 0.2) is 97.3 Å². The van der Waals surface area contributed by atoms with Gasteiger partial charge in [0.25, 0.3) is 0 Å². The third-order valence-electron chi connectivity index (χ3n) is 6.10. The number of hydrogen-bond acceptors (Lipinski definition) is 3. The molecule has 0 aliphatic rings. The third kappa shape index (κ3) is 4.98. The lowest BCUT2D eigenvalue weighted by molar-refractivity contribution is 0.262. The smallest absolute Gasteiger partial charge is 0.307 e. The van der Waals surface area contributed by atoms with Gasteiger partial charge in [0.15, 0.2) is 0 Å². The largest absolute Gasteiger partial charge is 0.324 e. The number of amides is 2. The normalized spacial score (nSPS) is 11.4. The molecular weight excluding hydrogens is 446 g/mol. The van der Waals surface area contributed by atoms with E-state index in [9.17, 15) is 4.79 Å². The van der Waals surface area contributed by atoms with Crippen molar-refractivity contribution in [2.24, 2.45) is 0 Å². The summed E-state index contributed by atoms with van der Waals surface area (Å²) >= 11 is 0. The van der Waals surface area contributed by atoms with Crippen molar-refractivity contribution < 1.29 is 4.79 Å². The molecule has 2 heterocycles. The summed E-state index contributed by atoms with van der Waals surface area (Å²) < 4.78 is 1.77. The van der Waals surface area contributed by atoms with Gasteiger partial charge in [-0.1, -0.05) is 75.4 Å². The molecule has 0 aliphatic carbocycles. The number of para-hydroxylation sites is 1. The van der Waals surface area contributed by atoms with E-state index in [4.69, 9.17) is 5.10 Å². The van der Waals surface area contributed by atoms with Crippen molar-refractivity contribution in [3.63, 3.8) is 0 Å². The van der Waals surface area contributed by atoms with E-state index in [0.717, 1.165) is 39.8 Å². The highest BCUT2D eigenvalue weighted by molar-refractivity contribution is 6.06. The van der Waals surface area contributed by atoms with Gasteiger partial charge in [-0.15, -0.1) is 0 Å². The summed E-state index contributed by atoms with van der Waals surface area (Å²) in [5, 5.41) is 12.9. The summed E-state index contributed by atoms with van der Waals surface area (Å²) in [6, 6.07) is 27.6. The number of anilines is 2. The molecule has 0 saturated carbocycles. The average molecular weight is 476 g/mol. The van der Waals surface area contributed by atoms with Crippen molar-refractivity contribution in [2.75, 3.05) is 10.6 Å². The molecule has 0 spiro atoms. The first-order valence-electron chi connectivity index (χ1n) is 12.0. The molecule has 2 amide bonds. The maximum Gasteiger partial charge on any atom is 0.324 e. The van der Waals surface area contributed by atoms with Crippen LogP contribution in [-0.4, -0.2) is 20.8 Å². The van der Waals surface area contributed by atoms with Gasteiger partial charge in [-0.2, -0.15) is 5.10 Å². The Bertz CT molecular complexity index is 1500. The summed E-state index contributed by atoms with van der Waals surface area (Å²) in [6.07, 6.45) is 4.43. The molecule has 0 bridgehead atoms. The molecule has 6 heteroatoms. The predicted molar refractivity (Wildman–Crippen MR) is 146 cm³/mol. The predicted octanol–water partition coefficient (Wildman–Crippen LogP) is 6.95. The topological polar surface area (TPSA) is 71.8 Å². The number of fused-ring (bicyclic) bond motifs is 1. The second kappa shape index (κ2) is 9.66. The monoisotopic (exact) mass is 475 g/mol. The van der Waals surface area contributed by atoms with Gasteiger partial charge in [-0.25, -0.2) is 9.48 Å². The molecule has 0 unspecified atom stereocenters. The molecule has 2 aromatic heterocycles. The molecule has 0 radical (unpaired) electrons. The Morgan fingerprint density at radius 3 is 2.33 bits per heavy atom. The molecule has 5 aromatic rings. The highest BCUT2D eigenvalue weighted by atomic mass is 16.2. The maximum atomic E-state index is 13.2. The Hall–Kier alpha value is -4.45. The number of rotatable bonds is 5. The summed E-state index contributed by atoms with van der Waals surface area (Å²) in [4.78, 5) is 17.4. The van der Waals surface area contributed by atoms with Crippen LogP contribution in [0.2, 0.25) is 0 Å². The van der Waals surface area contributed by atoms with Crippen LogP contribution in [0, 0.1) is 0 Å². The minimum Gasteiger partial charge on any atom is -0.307 e. The van der Waals surface area contributed by atoms with E-state index >= 15 is 0 Å². The molecule has 36 heavy (non-hydrogen) atoms. The van der Waals surface area contributed by atoms with Crippen LogP contribution in [-0.2, 0) is 11.8 Å². The maximum absolute atomic E-state index is 13.2. The van der Waals surface area contributed by atoms with Crippen molar-refractivity contribution in [1.29, 1.82) is 0 Å². The quantitative estimate of drug-likeness (QED) is 0.289. The Kier molecular flexibility index (Phi) is 6.25. The average Bonchev–Trinajstić information content (AvgIpc) is 3.31. The molecule has 6 nitrogen and oxygen atoms in total. The van der Waals surface area contributed by atoms with Crippen molar-refractivity contribution in [2.45, 2.75) is 32.6 Å². The lowest BCUT2D eigenvalue weighted by atomic mass is 9.92. The second-order valence-electron chi connectivity index (χ2n) is 9.85. The van der Waals surface area contributed by atoms with Crippen molar-refractivity contribution in [3.8, 4) is 5.69 Å². The lowest BCUT2D eigenvalue weighted by Crippen LogP contribution is -2.21. The first-order chi connectivity index (χ1) is 17.4. The highest BCUT2D eigenvalue weighted by Crippen LogP contribution is 2.29. The Morgan fingerprint density at radius 2 is 1.61 bits per heavy atom. The number of carbonyl (C=O) groups is 1. The van der Waals surface area contributed by atoms with E-state index in [0.29, 0.717) is 5.82 Å².